The van der Waals surface area contributed by atoms with Crippen LogP contribution < -0.4 is 10.7 Å². The van der Waals surface area contributed by atoms with E-state index in [4.69, 9.17) is 4.74 Å². The summed E-state index contributed by atoms with van der Waals surface area (Å²) in [6.07, 6.45) is 1.21. The average Bonchev–Trinajstić information content (AvgIpc) is 2.67. The van der Waals surface area contributed by atoms with Gasteiger partial charge in [0.2, 0.25) is 11.3 Å². The van der Waals surface area contributed by atoms with Crippen molar-refractivity contribution in [3.8, 4) is 0 Å². The second-order valence-electron chi connectivity index (χ2n) is 6.22. The van der Waals surface area contributed by atoms with Crippen LogP contribution in [0.15, 0.2) is 41.3 Å². The number of carbonyl (C=O) groups is 2. The molecule has 0 unspecified atom stereocenters. The molecular weight excluding hydrogens is 384 g/mol. The van der Waals surface area contributed by atoms with Crippen LogP contribution in [0.5, 0.6) is 0 Å². The van der Waals surface area contributed by atoms with Crippen molar-refractivity contribution in [2.45, 2.75) is 20.4 Å². The molecular formula is C20H17F2N3O4. The number of amides is 1. The molecule has 7 nitrogen and oxygen atoms in total. The highest BCUT2D eigenvalue weighted by Crippen LogP contribution is 2.15. The van der Waals surface area contributed by atoms with Crippen molar-refractivity contribution >= 4 is 28.6 Å². The minimum Gasteiger partial charge on any atom is -0.462 e. The molecule has 0 aliphatic rings. The molecule has 9 heteroatoms. The van der Waals surface area contributed by atoms with Crippen LogP contribution in [-0.2, 0) is 16.1 Å². The summed E-state index contributed by atoms with van der Waals surface area (Å²) < 4.78 is 32.6. The fourth-order valence-corrected chi connectivity index (χ4v) is 2.76. The Hall–Kier alpha value is -3.62. The fraction of sp³-hybridized carbons (Fsp3) is 0.200. The Morgan fingerprint density at radius 3 is 2.62 bits per heavy atom. The number of pyridine rings is 2. The summed E-state index contributed by atoms with van der Waals surface area (Å²) in [4.78, 5) is 41.5. The highest BCUT2D eigenvalue weighted by atomic mass is 19.2. The van der Waals surface area contributed by atoms with Gasteiger partial charge in [0.15, 0.2) is 11.6 Å². The van der Waals surface area contributed by atoms with Crippen LogP contribution in [0.25, 0.3) is 11.0 Å². The third-order valence-electron chi connectivity index (χ3n) is 4.07. The molecule has 0 aliphatic heterocycles. The molecule has 1 N–H and O–H groups in total. The number of nitrogens with one attached hydrogen (secondary N) is 1. The summed E-state index contributed by atoms with van der Waals surface area (Å²) in [5.74, 6) is -3.53. The highest BCUT2D eigenvalue weighted by Gasteiger charge is 2.18. The van der Waals surface area contributed by atoms with Gasteiger partial charge in [0.05, 0.1) is 12.0 Å². The van der Waals surface area contributed by atoms with Crippen LogP contribution in [0.3, 0.4) is 0 Å². The highest BCUT2D eigenvalue weighted by molar-refractivity contribution is 5.95. The zero-order valence-corrected chi connectivity index (χ0v) is 15.7. The van der Waals surface area contributed by atoms with Crippen LogP contribution in [0, 0.1) is 18.6 Å². The van der Waals surface area contributed by atoms with Crippen molar-refractivity contribution in [1.29, 1.82) is 0 Å². The first-order valence-electron chi connectivity index (χ1n) is 8.73. The standard InChI is InChI=1S/C20H17F2N3O4/c1-3-29-20(28)14-9-25(19-13(18(14)27)6-4-11(2)23-19)10-17(26)24-12-5-7-15(21)16(22)8-12/h4-9H,3,10H2,1-2H3,(H,24,26). The van der Waals surface area contributed by atoms with Gasteiger partial charge in [-0.3, -0.25) is 9.59 Å². The van der Waals surface area contributed by atoms with E-state index < -0.39 is 28.9 Å². The number of esters is 1. The quantitative estimate of drug-likeness (QED) is 0.664. The number of rotatable bonds is 5. The Balaban J connectivity index is 2.00. The Kier molecular flexibility index (Phi) is 5.67. The van der Waals surface area contributed by atoms with Gasteiger partial charge in [0.1, 0.15) is 17.8 Å². The lowest BCUT2D eigenvalue weighted by Crippen LogP contribution is -2.25. The number of anilines is 1. The molecule has 0 bridgehead atoms. The predicted molar refractivity (Wildman–Crippen MR) is 102 cm³/mol. The number of ether oxygens (including phenoxy) is 1. The van der Waals surface area contributed by atoms with E-state index in [9.17, 15) is 23.2 Å². The van der Waals surface area contributed by atoms with Crippen LogP contribution in [0.1, 0.15) is 23.0 Å². The van der Waals surface area contributed by atoms with E-state index in [1.54, 1.807) is 19.9 Å². The summed E-state index contributed by atoms with van der Waals surface area (Å²) in [6.45, 7) is 3.09. The van der Waals surface area contributed by atoms with Gasteiger partial charge in [-0.25, -0.2) is 18.6 Å². The van der Waals surface area contributed by atoms with Gasteiger partial charge in [-0.05, 0) is 38.1 Å². The van der Waals surface area contributed by atoms with Crippen LogP contribution in [0.4, 0.5) is 14.5 Å². The summed E-state index contributed by atoms with van der Waals surface area (Å²) in [6, 6.07) is 6.09. The first kappa shape index (κ1) is 20.1. The second kappa shape index (κ2) is 8.17. The van der Waals surface area contributed by atoms with Gasteiger partial charge in [-0.1, -0.05) is 0 Å². The SMILES string of the molecule is CCOC(=O)c1cn(CC(=O)Nc2ccc(F)c(F)c2)c2nc(C)ccc2c1=O. The topological polar surface area (TPSA) is 90.3 Å². The van der Waals surface area contributed by atoms with E-state index in [1.165, 1.54) is 22.9 Å². The number of hydrogen-bond acceptors (Lipinski definition) is 5. The first-order valence-corrected chi connectivity index (χ1v) is 8.73. The lowest BCUT2D eigenvalue weighted by Gasteiger charge is -2.13. The van der Waals surface area contributed by atoms with E-state index in [-0.39, 0.29) is 35.4 Å². The molecule has 1 amide bonds. The number of benzene rings is 1. The smallest absolute Gasteiger partial charge is 0.343 e. The zero-order valence-electron chi connectivity index (χ0n) is 15.7. The van der Waals surface area contributed by atoms with Crippen molar-refractivity contribution in [1.82, 2.24) is 9.55 Å². The second-order valence-corrected chi connectivity index (χ2v) is 6.22. The predicted octanol–water partition coefficient (Wildman–Crippen LogP) is 2.80. The summed E-state index contributed by atoms with van der Waals surface area (Å²) in [5.41, 5.74) is 0.0990. The van der Waals surface area contributed by atoms with E-state index in [0.29, 0.717) is 5.69 Å². The molecule has 0 aliphatic carbocycles. The fourth-order valence-electron chi connectivity index (χ4n) is 2.76. The van der Waals surface area contributed by atoms with E-state index >= 15 is 0 Å². The maximum Gasteiger partial charge on any atom is 0.343 e. The Morgan fingerprint density at radius 2 is 1.93 bits per heavy atom. The Labute approximate surface area is 163 Å². The molecule has 29 heavy (non-hydrogen) atoms. The maximum absolute atomic E-state index is 13.3. The number of aryl methyl sites for hydroxylation is 1. The van der Waals surface area contributed by atoms with Crippen LogP contribution in [0.2, 0.25) is 0 Å². The Morgan fingerprint density at radius 1 is 1.17 bits per heavy atom. The van der Waals surface area contributed by atoms with Gasteiger partial charge in [-0.2, -0.15) is 0 Å². The van der Waals surface area contributed by atoms with Gasteiger partial charge in [-0.15, -0.1) is 0 Å². The van der Waals surface area contributed by atoms with Crippen molar-refractivity contribution in [3.63, 3.8) is 0 Å². The molecule has 2 heterocycles. The van der Waals surface area contributed by atoms with Gasteiger partial charge >= 0.3 is 5.97 Å². The summed E-state index contributed by atoms with van der Waals surface area (Å²) >= 11 is 0. The first-order chi connectivity index (χ1) is 13.8. The zero-order chi connectivity index (χ0) is 21.1. The number of fused-ring (bicyclic) bond motifs is 1. The summed E-state index contributed by atoms with van der Waals surface area (Å²) in [7, 11) is 0. The van der Waals surface area contributed by atoms with Crippen molar-refractivity contribution in [2.24, 2.45) is 0 Å². The lowest BCUT2D eigenvalue weighted by molar-refractivity contribution is -0.116. The van der Waals surface area contributed by atoms with Crippen molar-refractivity contribution < 1.29 is 23.1 Å². The van der Waals surface area contributed by atoms with E-state index in [2.05, 4.69) is 10.3 Å². The molecule has 0 fully saturated rings. The number of nitrogens with zero attached hydrogens (tertiary/aromatic N) is 2. The minimum absolute atomic E-state index is 0.0639. The average molecular weight is 401 g/mol. The van der Waals surface area contributed by atoms with Crippen LogP contribution >= 0.6 is 0 Å². The number of halogens is 2. The van der Waals surface area contributed by atoms with Crippen LogP contribution in [-0.4, -0.2) is 28.0 Å². The molecule has 3 rings (SSSR count). The molecule has 0 saturated heterocycles. The van der Waals surface area contributed by atoms with E-state index in [1.807, 2.05) is 0 Å². The molecule has 3 aromatic rings. The van der Waals surface area contributed by atoms with Gasteiger partial charge in [0.25, 0.3) is 0 Å². The lowest BCUT2D eigenvalue weighted by atomic mass is 10.2. The third kappa shape index (κ3) is 4.29. The van der Waals surface area contributed by atoms with Gasteiger partial charge < -0.3 is 14.6 Å². The summed E-state index contributed by atoms with van der Waals surface area (Å²) in [5, 5.41) is 2.59. The van der Waals surface area contributed by atoms with Crippen molar-refractivity contribution in [3.05, 3.63) is 69.6 Å². The number of aromatic nitrogens is 2. The molecule has 0 atom stereocenters. The maximum atomic E-state index is 13.3. The monoisotopic (exact) mass is 401 g/mol. The molecule has 0 radical (unpaired) electrons. The number of hydrogen-bond donors (Lipinski definition) is 1. The Bertz CT molecular complexity index is 1170. The number of carbonyl (C=O) groups excluding carboxylic acids is 2. The largest absolute Gasteiger partial charge is 0.462 e. The van der Waals surface area contributed by atoms with E-state index in [0.717, 1.165) is 12.1 Å². The molecule has 150 valence electrons. The minimum atomic E-state index is -1.10. The molecule has 0 spiro atoms. The molecule has 1 aromatic carbocycles. The third-order valence-corrected chi connectivity index (χ3v) is 4.07. The molecule has 0 saturated carbocycles. The van der Waals surface area contributed by atoms with Gasteiger partial charge in [0, 0.05) is 23.6 Å². The van der Waals surface area contributed by atoms with Crippen molar-refractivity contribution in [2.75, 3.05) is 11.9 Å². The molecule has 2 aromatic heterocycles. The normalized spacial score (nSPS) is 10.8.